The lowest BCUT2D eigenvalue weighted by Gasteiger charge is -2.26. The van der Waals surface area contributed by atoms with Crippen LogP contribution in [0.3, 0.4) is 0 Å². The molecule has 10 nitrogen and oxygen atoms in total. The maximum absolute atomic E-state index is 13.2. The molecule has 1 N–H and O–H groups in total. The number of non-ortho nitro benzene ring substituents is 1. The Hall–Kier alpha value is -4.12. The lowest BCUT2D eigenvalue weighted by Crippen LogP contribution is -2.54. The lowest BCUT2D eigenvalue weighted by molar-refractivity contribution is -0.384. The number of carbonyl (C=O) groups is 3. The normalized spacial score (nSPS) is 14.5. The number of urea groups is 1. The van der Waals surface area contributed by atoms with Gasteiger partial charge in [0.2, 0.25) is 0 Å². The summed E-state index contributed by atoms with van der Waals surface area (Å²) in [6.07, 6.45) is 1.24. The Balaban J connectivity index is 1.63. The number of nitro groups is 1. The number of rotatable bonds is 7. The average Bonchev–Trinajstić information content (AvgIpc) is 2.87. The molecule has 0 atom stereocenters. The summed E-state index contributed by atoms with van der Waals surface area (Å²) in [5.41, 5.74) is 0.506. The van der Waals surface area contributed by atoms with Crippen molar-refractivity contribution in [2.24, 2.45) is 0 Å². The zero-order valence-corrected chi connectivity index (χ0v) is 21.6. The quantitative estimate of drug-likeness (QED) is 0.163. The van der Waals surface area contributed by atoms with Gasteiger partial charge in [0, 0.05) is 12.1 Å². The van der Waals surface area contributed by atoms with E-state index < -0.39 is 22.8 Å². The maximum atomic E-state index is 13.2. The Morgan fingerprint density at radius 2 is 1.76 bits per heavy atom. The molecule has 38 heavy (non-hydrogen) atoms. The zero-order chi connectivity index (χ0) is 27.6. The van der Waals surface area contributed by atoms with E-state index in [4.69, 9.17) is 44.3 Å². The van der Waals surface area contributed by atoms with E-state index in [1.165, 1.54) is 61.7 Å². The summed E-state index contributed by atoms with van der Waals surface area (Å²) < 4.78 is 11.1. The first-order valence-corrected chi connectivity index (χ1v) is 11.8. The van der Waals surface area contributed by atoms with Crippen molar-refractivity contribution >= 4 is 70.1 Å². The van der Waals surface area contributed by atoms with Gasteiger partial charge < -0.3 is 9.47 Å². The molecule has 13 heteroatoms. The van der Waals surface area contributed by atoms with Gasteiger partial charge in [-0.1, -0.05) is 46.9 Å². The molecule has 0 spiro atoms. The van der Waals surface area contributed by atoms with Crippen molar-refractivity contribution < 1.29 is 28.8 Å². The number of nitrogens with one attached hydrogen (secondary N) is 1. The predicted octanol–water partition coefficient (Wildman–Crippen LogP) is 5.81. The zero-order valence-electron chi connectivity index (χ0n) is 19.4. The third-order valence-electron chi connectivity index (χ3n) is 5.33. The van der Waals surface area contributed by atoms with Gasteiger partial charge in [-0.3, -0.25) is 25.0 Å². The van der Waals surface area contributed by atoms with Gasteiger partial charge in [-0.05, 0) is 47.5 Å². The first kappa shape index (κ1) is 26.9. The van der Waals surface area contributed by atoms with Gasteiger partial charge in [0.1, 0.15) is 12.2 Å². The van der Waals surface area contributed by atoms with Crippen LogP contribution in [0, 0.1) is 10.1 Å². The topological polar surface area (TPSA) is 128 Å². The van der Waals surface area contributed by atoms with Crippen molar-refractivity contribution in [3.63, 3.8) is 0 Å². The SMILES string of the molecule is COc1cc(/C=C2\C(=O)NC(=O)N(c3ccc(Cl)c(Cl)c3)C2=O)cc(Cl)c1OCc1cccc([N+](=O)[O-])c1. The number of halogens is 3. The molecule has 3 aromatic rings. The molecule has 0 unspecified atom stereocenters. The van der Waals surface area contributed by atoms with E-state index in [2.05, 4.69) is 5.32 Å². The highest BCUT2D eigenvalue weighted by Gasteiger charge is 2.37. The van der Waals surface area contributed by atoms with Gasteiger partial charge in [-0.2, -0.15) is 0 Å². The number of anilines is 1. The van der Waals surface area contributed by atoms with Gasteiger partial charge in [-0.15, -0.1) is 0 Å². The van der Waals surface area contributed by atoms with Crippen LogP contribution in [-0.2, 0) is 16.2 Å². The molecule has 4 rings (SSSR count). The molecule has 1 aliphatic rings. The Morgan fingerprint density at radius 1 is 1.00 bits per heavy atom. The van der Waals surface area contributed by atoms with Crippen LogP contribution >= 0.6 is 34.8 Å². The molecule has 1 saturated heterocycles. The van der Waals surface area contributed by atoms with Crippen LogP contribution in [0.25, 0.3) is 6.08 Å². The van der Waals surface area contributed by atoms with Crippen LogP contribution in [0.1, 0.15) is 11.1 Å². The van der Waals surface area contributed by atoms with Gasteiger partial charge >= 0.3 is 6.03 Å². The van der Waals surface area contributed by atoms with E-state index in [0.717, 1.165) is 4.90 Å². The first-order valence-electron chi connectivity index (χ1n) is 10.7. The first-order chi connectivity index (χ1) is 18.1. The summed E-state index contributed by atoms with van der Waals surface area (Å²) in [6.45, 7) is -0.0419. The monoisotopic (exact) mass is 575 g/mol. The summed E-state index contributed by atoms with van der Waals surface area (Å²) in [6, 6.07) is 12.0. The molecule has 0 saturated carbocycles. The molecule has 1 fully saturated rings. The van der Waals surface area contributed by atoms with E-state index in [1.807, 2.05) is 0 Å². The fraction of sp³-hybridized carbons (Fsp3) is 0.0800. The number of barbiturate groups is 1. The fourth-order valence-electron chi connectivity index (χ4n) is 3.56. The maximum Gasteiger partial charge on any atom is 0.335 e. The van der Waals surface area contributed by atoms with Crippen molar-refractivity contribution in [3.8, 4) is 11.5 Å². The number of hydrogen-bond acceptors (Lipinski definition) is 7. The summed E-state index contributed by atoms with van der Waals surface area (Å²) in [4.78, 5) is 49.4. The smallest absolute Gasteiger partial charge is 0.335 e. The number of nitro benzene ring substituents is 1. The summed E-state index contributed by atoms with van der Waals surface area (Å²) >= 11 is 18.4. The summed E-state index contributed by atoms with van der Waals surface area (Å²) in [5.74, 6) is -1.47. The van der Waals surface area contributed by atoms with Gasteiger partial charge in [0.25, 0.3) is 17.5 Å². The van der Waals surface area contributed by atoms with Crippen LogP contribution in [0.2, 0.25) is 15.1 Å². The second kappa shape index (κ2) is 11.1. The molecule has 1 aliphatic heterocycles. The van der Waals surface area contributed by atoms with Crippen LogP contribution < -0.4 is 19.7 Å². The molecule has 0 bridgehead atoms. The van der Waals surface area contributed by atoms with E-state index in [9.17, 15) is 24.5 Å². The predicted molar refractivity (Wildman–Crippen MR) is 141 cm³/mol. The number of carbonyl (C=O) groups excluding carboxylic acids is 3. The number of hydrogen-bond donors (Lipinski definition) is 1. The third-order valence-corrected chi connectivity index (χ3v) is 6.35. The van der Waals surface area contributed by atoms with E-state index in [1.54, 1.807) is 6.07 Å². The van der Waals surface area contributed by atoms with Gasteiger partial charge in [0.05, 0.1) is 32.8 Å². The fourth-order valence-corrected chi connectivity index (χ4v) is 4.13. The van der Waals surface area contributed by atoms with Gasteiger partial charge in [0.15, 0.2) is 11.5 Å². The van der Waals surface area contributed by atoms with Crippen LogP contribution in [0.5, 0.6) is 11.5 Å². The number of imide groups is 2. The molecule has 194 valence electrons. The molecular formula is C25H16Cl3N3O7. The van der Waals surface area contributed by atoms with E-state index >= 15 is 0 Å². The number of amides is 4. The number of methoxy groups -OCH3 is 1. The minimum Gasteiger partial charge on any atom is -0.493 e. The van der Waals surface area contributed by atoms with Crippen molar-refractivity contribution in [2.75, 3.05) is 12.0 Å². The molecule has 4 amide bonds. The highest BCUT2D eigenvalue weighted by molar-refractivity contribution is 6.43. The largest absolute Gasteiger partial charge is 0.493 e. The Morgan fingerprint density at radius 3 is 2.45 bits per heavy atom. The Kier molecular flexibility index (Phi) is 7.86. The minimum absolute atomic E-state index is 0.0419. The van der Waals surface area contributed by atoms with Crippen molar-refractivity contribution in [1.82, 2.24) is 5.32 Å². The molecular weight excluding hydrogens is 561 g/mol. The van der Waals surface area contributed by atoms with E-state index in [-0.39, 0.29) is 50.1 Å². The number of ether oxygens (including phenoxy) is 2. The molecule has 0 radical (unpaired) electrons. The molecule has 3 aromatic carbocycles. The number of benzene rings is 3. The third kappa shape index (κ3) is 5.57. The van der Waals surface area contributed by atoms with Crippen LogP contribution in [0.15, 0.2) is 60.2 Å². The lowest BCUT2D eigenvalue weighted by atomic mass is 10.1. The second-order valence-electron chi connectivity index (χ2n) is 7.81. The van der Waals surface area contributed by atoms with Crippen LogP contribution in [-0.4, -0.2) is 29.9 Å². The Labute approximate surface area is 230 Å². The molecule has 0 aromatic heterocycles. The van der Waals surface area contributed by atoms with Crippen molar-refractivity contribution in [3.05, 3.63) is 96.5 Å². The van der Waals surface area contributed by atoms with Crippen molar-refractivity contribution in [2.45, 2.75) is 6.61 Å². The number of nitrogens with zero attached hydrogens (tertiary/aromatic N) is 2. The highest BCUT2D eigenvalue weighted by Crippen LogP contribution is 2.38. The van der Waals surface area contributed by atoms with Crippen LogP contribution in [0.4, 0.5) is 16.2 Å². The standard InChI is InChI=1S/C25H16Cl3N3O7/c1-37-21-10-14(9-20(28)22(21)38-12-13-3-2-4-16(7-13)31(35)36)8-17-23(32)29-25(34)30(24(17)33)15-5-6-18(26)19(27)11-15/h2-11H,12H2,1H3,(H,29,32,34)/b17-8+. The summed E-state index contributed by atoms with van der Waals surface area (Å²) in [5, 5.41) is 13.5. The minimum atomic E-state index is -0.948. The Bertz CT molecular complexity index is 1520. The van der Waals surface area contributed by atoms with Gasteiger partial charge in [-0.25, -0.2) is 9.69 Å². The summed E-state index contributed by atoms with van der Waals surface area (Å²) in [7, 11) is 1.37. The molecule has 0 aliphatic carbocycles. The van der Waals surface area contributed by atoms with Crippen molar-refractivity contribution in [1.29, 1.82) is 0 Å². The average molecular weight is 577 g/mol. The van der Waals surface area contributed by atoms with E-state index in [0.29, 0.717) is 11.1 Å². The molecule has 1 heterocycles. The second-order valence-corrected chi connectivity index (χ2v) is 9.03. The highest BCUT2D eigenvalue weighted by atomic mass is 35.5.